The van der Waals surface area contributed by atoms with Gasteiger partial charge in [0.15, 0.2) is 0 Å². The molecule has 16 heavy (non-hydrogen) atoms. The van der Waals surface area contributed by atoms with Gasteiger partial charge in [-0.25, -0.2) is 0 Å². The molecule has 1 heterocycles. The summed E-state index contributed by atoms with van der Waals surface area (Å²) in [6.45, 7) is 8.85. The molecule has 2 N–H and O–H groups in total. The van der Waals surface area contributed by atoms with E-state index < -0.39 is 0 Å². The van der Waals surface area contributed by atoms with Crippen LogP contribution in [-0.4, -0.2) is 49.6 Å². The van der Waals surface area contributed by atoms with E-state index in [1.54, 1.807) is 0 Å². The molecule has 0 bridgehead atoms. The first-order valence-corrected chi connectivity index (χ1v) is 6.44. The Balaban J connectivity index is 2.21. The molecule has 4 nitrogen and oxygen atoms in total. The molecule has 0 aromatic heterocycles. The van der Waals surface area contributed by atoms with Gasteiger partial charge in [0.1, 0.15) is 0 Å². The van der Waals surface area contributed by atoms with E-state index in [9.17, 15) is 4.79 Å². The van der Waals surface area contributed by atoms with Crippen LogP contribution in [0.2, 0.25) is 0 Å². The number of nitrogens with zero attached hydrogens (tertiary/aromatic N) is 1. The predicted octanol–water partition coefficient (Wildman–Crippen LogP) is 0.587. The molecule has 94 valence electrons. The zero-order valence-corrected chi connectivity index (χ0v) is 10.6. The molecule has 0 spiro atoms. The number of nitrogens with one attached hydrogen (secondary N) is 2. The minimum absolute atomic E-state index is 0.169. The molecule has 1 amide bonds. The topological polar surface area (TPSA) is 44.4 Å². The van der Waals surface area contributed by atoms with Crippen molar-refractivity contribution in [1.29, 1.82) is 0 Å². The first kappa shape index (κ1) is 13.5. The summed E-state index contributed by atoms with van der Waals surface area (Å²) in [5.74, 6) is 0.169. The number of amides is 1. The SMILES string of the molecule is CCCC(C)NC(=O)CN1CCCNCC1. The van der Waals surface area contributed by atoms with Gasteiger partial charge in [-0.15, -0.1) is 0 Å². The number of rotatable bonds is 5. The van der Waals surface area contributed by atoms with E-state index in [1.807, 2.05) is 0 Å². The van der Waals surface area contributed by atoms with Gasteiger partial charge in [0, 0.05) is 19.1 Å². The van der Waals surface area contributed by atoms with Gasteiger partial charge in [0.05, 0.1) is 6.54 Å². The Morgan fingerprint density at radius 3 is 3.00 bits per heavy atom. The first-order chi connectivity index (χ1) is 7.72. The smallest absolute Gasteiger partial charge is 0.234 e. The average Bonchev–Trinajstić information content (AvgIpc) is 2.46. The highest BCUT2D eigenvalue weighted by Gasteiger charge is 2.13. The summed E-state index contributed by atoms with van der Waals surface area (Å²) in [5.41, 5.74) is 0. The average molecular weight is 227 g/mol. The molecule has 0 aliphatic carbocycles. The zero-order valence-electron chi connectivity index (χ0n) is 10.6. The third-order valence-electron chi connectivity index (χ3n) is 2.93. The molecule has 1 fully saturated rings. The van der Waals surface area contributed by atoms with E-state index >= 15 is 0 Å². The lowest BCUT2D eigenvalue weighted by atomic mass is 10.2. The van der Waals surface area contributed by atoms with Gasteiger partial charge in [-0.2, -0.15) is 0 Å². The molecule has 4 heteroatoms. The van der Waals surface area contributed by atoms with Crippen molar-refractivity contribution in [3.63, 3.8) is 0 Å². The number of hydrogen-bond donors (Lipinski definition) is 2. The highest BCUT2D eigenvalue weighted by Crippen LogP contribution is 1.97. The van der Waals surface area contributed by atoms with Gasteiger partial charge < -0.3 is 10.6 Å². The Bertz CT molecular complexity index is 200. The van der Waals surface area contributed by atoms with Crippen LogP contribution in [-0.2, 0) is 4.79 Å². The number of hydrogen-bond acceptors (Lipinski definition) is 3. The maximum Gasteiger partial charge on any atom is 0.234 e. The quantitative estimate of drug-likeness (QED) is 0.722. The maximum absolute atomic E-state index is 11.7. The molecule has 1 rings (SSSR count). The summed E-state index contributed by atoms with van der Waals surface area (Å²) in [7, 11) is 0. The lowest BCUT2D eigenvalue weighted by molar-refractivity contribution is -0.122. The molecule has 0 aromatic rings. The van der Waals surface area contributed by atoms with Gasteiger partial charge in [-0.05, 0) is 32.9 Å². The fourth-order valence-corrected chi connectivity index (χ4v) is 2.09. The Morgan fingerprint density at radius 2 is 2.25 bits per heavy atom. The molecular weight excluding hydrogens is 202 g/mol. The summed E-state index contributed by atoms with van der Waals surface area (Å²) >= 11 is 0. The third-order valence-corrected chi connectivity index (χ3v) is 2.93. The number of carbonyl (C=O) groups is 1. The van der Waals surface area contributed by atoms with E-state index in [0.29, 0.717) is 12.6 Å². The molecule has 1 saturated heterocycles. The summed E-state index contributed by atoms with van der Waals surface area (Å²) < 4.78 is 0. The van der Waals surface area contributed by atoms with Crippen molar-refractivity contribution >= 4 is 5.91 Å². The summed E-state index contributed by atoms with van der Waals surface area (Å²) in [6.07, 6.45) is 3.32. The second kappa shape index (κ2) is 7.63. The van der Waals surface area contributed by atoms with Crippen LogP contribution in [0.3, 0.4) is 0 Å². The van der Waals surface area contributed by atoms with Crippen LogP contribution in [0, 0.1) is 0 Å². The molecule has 0 saturated carbocycles. The highest BCUT2D eigenvalue weighted by atomic mass is 16.2. The van der Waals surface area contributed by atoms with Crippen molar-refractivity contribution in [3.05, 3.63) is 0 Å². The summed E-state index contributed by atoms with van der Waals surface area (Å²) in [5, 5.41) is 6.39. The second-order valence-corrected chi connectivity index (χ2v) is 4.64. The largest absolute Gasteiger partial charge is 0.353 e. The van der Waals surface area contributed by atoms with Gasteiger partial charge >= 0.3 is 0 Å². The van der Waals surface area contributed by atoms with Crippen LogP contribution < -0.4 is 10.6 Å². The molecule has 1 aliphatic rings. The minimum Gasteiger partial charge on any atom is -0.353 e. The monoisotopic (exact) mass is 227 g/mol. The van der Waals surface area contributed by atoms with E-state index in [2.05, 4.69) is 29.4 Å². The standard InChI is InChI=1S/C12H25N3O/c1-3-5-11(2)14-12(16)10-15-8-4-6-13-7-9-15/h11,13H,3-10H2,1-2H3,(H,14,16). The Hall–Kier alpha value is -0.610. The summed E-state index contributed by atoms with van der Waals surface area (Å²) in [6, 6.07) is 0.308. The van der Waals surface area contributed by atoms with Gasteiger partial charge in [0.25, 0.3) is 0 Å². The highest BCUT2D eigenvalue weighted by molar-refractivity contribution is 5.78. The van der Waals surface area contributed by atoms with Crippen molar-refractivity contribution in [1.82, 2.24) is 15.5 Å². The minimum atomic E-state index is 0.169. The maximum atomic E-state index is 11.7. The van der Waals surface area contributed by atoms with E-state index in [4.69, 9.17) is 0 Å². The van der Waals surface area contributed by atoms with Crippen LogP contribution in [0.5, 0.6) is 0 Å². The van der Waals surface area contributed by atoms with Crippen molar-refractivity contribution in [2.24, 2.45) is 0 Å². The normalized spacial score (nSPS) is 20.1. The van der Waals surface area contributed by atoms with Crippen LogP contribution >= 0.6 is 0 Å². The predicted molar refractivity (Wildman–Crippen MR) is 66.4 cm³/mol. The molecule has 0 radical (unpaired) electrons. The van der Waals surface area contributed by atoms with E-state index in [-0.39, 0.29) is 5.91 Å². The van der Waals surface area contributed by atoms with Crippen LogP contribution in [0.15, 0.2) is 0 Å². The fraction of sp³-hybridized carbons (Fsp3) is 0.917. The summed E-state index contributed by atoms with van der Waals surface area (Å²) in [4.78, 5) is 14.0. The zero-order chi connectivity index (χ0) is 11.8. The Kier molecular flexibility index (Phi) is 6.42. The van der Waals surface area contributed by atoms with Gasteiger partial charge in [-0.1, -0.05) is 13.3 Å². The van der Waals surface area contributed by atoms with E-state index in [1.165, 1.54) is 0 Å². The molecule has 1 aliphatic heterocycles. The van der Waals surface area contributed by atoms with Crippen LogP contribution in [0.1, 0.15) is 33.1 Å². The fourth-order valence-electron chi connectivity index (χ4n) is 2.09. The van der Waals surface area contributed by atoms with Crippen molar-refractivity contribution in [2.75, 3.05) is 32.7 Å². The Morgan fingerprint density at radius 1 is 1.44 bits per heavy atom. The van der Waals surface area contributed by atoms with Crippen molar-refractivity contribution < 1.29 is 4.79 Å². The third kappa shape index (κ3) is 5.47. The van der Waals surface area contributed by atoms with E-state index in [0.717, 1.165) is 45.4 Å². The van der Waals surface area contributed by atoms with Gasteiger partial charge in [0.2, 0.25) is 5.91 Å². The number of carbonyl (C=O) groups excluding carboxylic acids is 1. The van der Waals surface area contributed by atoms with Crippen molar-refractivity contribution in [2.45, 2.75) is 39.2 Å². The van der Waals surface area contributed by atoms with Gasteiger partial charge in [-0.3, -0.25) is 9.69 Å². The van der Waals surface area contributed by atoms with Crippen LogP contribution in [0.25, 0.3) is 0 Å². The van der Waals surface area contributed by atoms with Crippen LogP contribution in [0.4, 0.5) is 0 Å². The Labute approximate surface area is 98.8 Å². The molecule has 1 unspecified atom stereocenters. The first-order valence-electron chi connectivity index (χ1n) is 6.44. The molecule has 0 aromatic carbocycles. The molecular formula is C12H25N3O. The lowest BCUT2D eigenvalue weighted by Crippen LogP contribution is -2.42. The van der Waals surface area contributed by atoms with Crippen molar-refractivity contribution in [3.8, 4) is 0 Å². The lowest BCUT2D eigenvalue weighted by Gasteiger charge is -2.20. The molecule has 1 atom stereocenters. The second-order valence-electron chi connectivity index (χ2n) is 4.64.